The van der Waals surface area contributed by atoms with Crippen molar-refractivity contribution in [2.24, 2.45) is 0 Å². The van der Waals surface area contributed by atoms with E-state index >= 15 is 0 Å². The summed E-state index contributed by atoms with van der Waals surface area (Å²) in [6, 6.07) is 11.5. The molecule has 0 saturated heterocycles. The van der Waals surface area contributed by atoms with Crippen molar-refractivity contribution in [3.63, 3.8) is 0 Å². The molecule has 6 heteroatoms. The van der Waals surface area contributed by atoms with Crippen molar-refractivity contribution >= 4 is 0 Å². The van der Waals surface area contributed by atoms with E-state index in [0.29, 0.717) is 22.7 Å². The minimum atomic E-state index is -0.0638. The van der Waals surface area contributed by atoms with Gasteiger partial charge in [0.25, 0.3) is 5.89 Å². The summed E-state index contributed by atoms with van der Waals surface area (Å²) in [7, 11) is 1.46. The molecular formula is C15H12N2O4. The Morgan fingerprint density at radius 2 is 1.90 bits per heavy atom. The summed E-state index contributed by atoms with van der Waals surface area (Å²) < 4.78 is 10.2. The topological polar surface area (TPSA) is 88.6 Å². The molecule has 0 saturated carbocycles. The number of phenolic OH excluding ortho intramolecular Hbond substituents is 2. The molecule has 0 amide bonds. The van der Waals surface area contributed by atoms with Crippen LogP contribution in [0.5, 0.6) is 17.2 Å². The first-order valence-electron chi connectivity index (χ1n) is 6.18. The van der Waals surface area contributed by atoms with Gasteiger partial charge in [0, 0.05) is 5.56 Å². The van der Waals surface area contributed by atoms with Gasteiger partial charge in [0.05, 0.1) is 12.7 Å². The Morgan fingerprint density at radius 1 is 1.10 bits per heavy atom. The average Bonchev–Trinajstić information content (AvgIpc) is 2.97. The Labute approximate surface area is 120 Å². The highest BCUT2D eigenvalue weighted by Gasteiger charge is 2.16. The van der Waals surface area contributed by atoms with Crippen LogP contribution in [0.4, 0.5) is 0 Å². The Hall–Kier alpha value is -3.02. The normalized spacial score (nSPS) is 10.5. The number of hydrogen-bond acceptors (Lipinski definition) is 6. The van der Waals surface area contributed by atoms with E-state index in [9.17, 15) is 10.2 Å². The van der Waals surface area contributed by atoms with E-state index in [1.807, 2.05) is 0 Å². The van der Waals surface area contributed by atoms with E-state index in [0.717, 1.165) is 0 Å². The van der Waals surface area contributed by atoms with Gasteiger partial charge in [0.2, 0.25) is 5.82 Å². The van der Waals surface area contributed by atoms with Crippen molar-refractivity contribution in [1.82, 2.24) is 10.1 Å². The maximum absolute atomic E-state index is 10.1. The number of para-hydroxylation sites is 1. The van der Waals surface area contributed by atoms with Crippen LogP contribution in [-0.4, -0.2) is 27.5 Å². The molecule has 2 N–H and O–H groups in total. The summed E-state index contributed by atoms with van der Waals surface area (Å²) in [5.74, 6) is 0.867. The number of aromatic hydroxyl groups is 2. The van der Waals surface area contributed by atoms with Gasteiger partial charge in [0.15, 0.2) is 11.5 Å². The monoisotopic (exact) mass is 284 g/mol. The molecule has 1 aromatic heterocycles. The van der Waals surface area contributed by atoms with Crippen molar-refractivity contribution in [2.75, 3.05) is 7.11 Å². The molecule has 3 rings (SSSR count). The molecule has 0 aliphatic carbocycles. The van der Waals surface area contributed by atoms with Crippen LogP contribution in [0, 0.1) is 0 Å². The zero-order chi connectivity index (χ0) is 14.8. The van der Waals surface area contributed by atoms with E-state index in [4.69, 9.17) is 9.26 Å². The molecule has 0 aliphatic rings. The predicted molar refractivity (Wildman–Crippen MR) is 75.1 cm³/mol. The number of ether oxygens (including phenoxy) is 1. The molecule has 0 aliphatic heterocycles. The van der Waals surface area contributed by atoms with Crippen molar-refractivity contribution in [2.45, 2.75) is 0 Å². The van der Waals surface area contributed by atoms with Crippen LogP contribution in [0.1, 0.15) is 0 Å². The van der Waals surface area contributed by atoms with E-state index < -0.39 is 0 Å². The van der Waals surface area contributed by atoms with E-state index in [-0.39, 0.29) is 17.4 Å². The molecular weight excluding hydrogens is 272 g/mol. The van der Waals surface area contributed by atoms with Gasteiger partial charge in [-0.2, -0.15) is 4.98 Å². The number of aromatic nitrogens is 2. The molecule has 1 heterocycles. The third-order valence-corrected chi connectivity index (χ3v) is 2.98. The summed E-state index contributed by atoms with van der Waals surface area (Å²) >= 11 is 0. The SMILES string of the molecule is COc1cccc(-c2nc(-c3cccc(O)c3)no2)c1O. The maximum atomic E-state index is 10.1. The van der Waals surface area contributed by atoms with Gasteiger partial charge in [-0.3, -0.25) is 0 Å². The first-order valence-corrected chi connectivity index (χ1v) is 6.18. The molecule has 0 spiro atoms. The highest BCUT2D eigenvalue weighted by atomic mass is 16.5. The molecule has 6 nitrogen and oxygen atoms in total. The minimum Gasteiger partial charge on any atom is -0.508 e. The lowest BCUT2D eigenvalue weighted by Gasteiger charge is -2.04. The largest absolute Gasteiger partial charge is 0.508 e. The fraction of sp³-hybridized carbons (Fsp3) is 0.0667. The highest BCUT2D eigenvalue weighted by Crippen LogP contribution is 2.36. The molecule has 21 heavy (non-hydrogen) atoms. The predicted octanol–water partition coefficient (Wildman–Crippen LogP) is 2.82. The number of hydrogen-bond donors (Lipinski definition) is 2. The number of nitrogens with zero attached hydrogens (tertiary/aromatic N) is 2. The van der Waals surface area contributed by atoms with Gasteiger partial charge in [-0.25, -0.2) is 0 Å². The smallest absolute Gasteiger partial charge is 0.262 e. The molecule has 3 aromatic rings. The van der Waals surface area contributed by atoms with Gasteiger partial charge >= 0.3 is 0 Å². The zero-order valence-corrected chi connectivity index (χ0v) is 11.1. The summed E-state index contributed by atoms with van der Waals surface area (Å²) in [5.41, 5.74) is 1.00. The number of phenols is 2. The lowest BCUT2D eigenvalue weighted by Crippen LogP contribution is -1.86. The van der Waals surface area contributed by atoms with Crippen molar-refractivity contribution in [3.05, 3.63) is 42.5 Å². The summed E-state index contributed by atoms with van der Waals surface area (Å²) in [4.78, 5) is 4.22. The molecule has 0 bridgehead atoms. The standard InChI is InChI=1S/C15H12N2O4/c1-20-12-7-3-6-11(13(12)19)15-16-14(17-21-15)9-4-2-5-10(18)8-9/h2-8,18-19H,1H3. The van der Waals surface area contributed by atoms with Gasteiger partial charge in [-0.05, 0) is 24.3 Å². The summed E-state index contributed by atoms with van der Waals surface area (Å²) in [5, 5.41) is 23.4. The Balaban J connectivity index is 2.03. The van der Waals surface area contributed by atoms with Crippen LogP contribution in [0.3, 0.4) is 0 Å². The fourth-order valence-electron chi connectivity index (χ4n) is 1.95. The fourth-order valence-corrected chi connectivity index (χ4v) is 1.95. The first-order chi connectivity index (χ1) is 10.2. The van der Waals surface area contributed by atoms with Crippen molar-refractivity contribution in [1.29, 1.82) is 0 Å². The average molecular weight is 284 g/mol. The second kappa shape index (κ2) is 5.16. The van der Waals surface area contributed by atoms with Crippen LogP contribution in [0.25, 0.3) is 22.8 Å². The molecule has 2 aromatic carbocycles. The number of benzene rings is 2. The molecule has 106 valence electrons. The number of rotatable bonds is 3. The van der Waals surface area contributed by atoms with Gasteiger partial charge in [-0.15, -0.1) is 0 Å². The third kappa shape index (κ3) is 2.38. The third-order valence-electron chi connectivity index (χ3n) is 2.98. The van der Waals surface area contributed by atoms with E-state index in [1.54, 1.807) is 36.4 Å². The molecule has 0 radical (unpaired) electrons. The lowest BCUT2D eigenvalue weighted by molar-refractivity contribution is 0.371. The maximum Gasteiger partial charge on any atom is 0.262 e. The Kier molecular flexibility index (Phi) is 3.19. The Morgan fingerprint density at radius 3 is 2.67 bits per heavy atom. The van der Waals surface area contributed by atoms with Crippen molar-refractivity contribution in [3.8, 4) is 40.1 Å². The molecule has 0 atom stereocenters. The summed E-state index contributed by atoms with van der Waals surface area (Å²) in [6.45, 7) is 0. The summed E-state index contributed by atoms with van der Waals surface area (Å²) in [6.07, 6.45) is 0. The quantitative estimate of drug-likeness (QED) is 0.768. The van der Waals surface area contributed by atoms with E-state index in [1.165, 1.54) is 13.2 Å². The molecule has 0 fully saturated rings. The zero-order valence-electron chi connectivity index (χ0n) is 11.1. The lowest BCUT2D eigenvalue weighted by atomic mass is 10.2. The molecule has 0 unspecified atom stereocenters. The van der Waals surface area contributed by atoms with Gasteiger partial charge in [-0.1, -0.05) is 23.4 Å². The van der Waals surface area contributed by atoms with E-state index in [2.05, 4.69) is 10.1 Å². The van der Waals surface area contributed by atoms with Gasteiger partial charge < -0.3 is 19.5 Å². The van der Waals surface area contributed by atoms with Crippen LogP contribution in [0.2, 0.25) is 0 Å². The number of methoxy groups -OCH3 is 1. The van der Waals surface area contributed by atoms with Crippen LogP contribution >= 0.6 is 0 Å². The minimum absolute atomic E-state index is 0.0638. The van der Waals surface area contributed by atoms with Crippen molar-refractivity contribution < 1.29 is 19.5 Å². The highest BCUT2D eigenvalue weighted by molar-refractivity contribution is 5.68. The first kappa shape index (κ1) is 13.0. The van der Waals surface area contributed by atoms with Gasteiger partial charge in [0.1, 0.15) is 5.75 Å². The second-order valence-corrected chi connectivity index (χ2v) is 4.33. The Bertz CT molecular complexity index is 783. The van der Waals surface area contributed by atoms with Crippen LogP contribution < -0.4 is 4.74 Å². The second-order valence-electron chi connectivity index (χ2n) is 4.33. The van der Waals surface area contributed by atoms with Crippen LogP contribution in [0.15, 0.2) is 47.0 Å². The van der Waals surface area contributed by atoms with Crippen LogP contribution in [-0.2, 0) is 0 Å².